The minimum atomic E-state index is -4.74. The van der Waals surface area contributed by atoms with E-state index >= 15 is 0 Å². The number of carbonyl (C=O) groups excluding carboxylic acids is 1. The van der Waals surface area contributed by atoms with Gasteiger partial charge >= 0.3 is 6.36 Å². The number of halogens is 3. The van der Waals surface area contributed by atoms with E-state index in [1.165, 1.54) is 18.2 Å². The lowest BCUT2D eigenvalue weighted by molar-refractivity contribution is -0.274. The van der Waals surface area contributed by atoms with Crippen molar-refractivity contribution < 1.29 is 22.7 Å². The monoisotopic (exact) mass is 285 g/mol. The van der Waals surface area contributed by atoms with Crippen molar-refractivity contribution >= 4 is 11.4 Å². The zero-order chi connectivity index (χ0) is 14.9. The number of hydrogen-bond acceptors (Lipinski definition) is 3. The van der Waals surface area contributed by atoms with Crippen molar-refractivity contribution in [3.8, 4) is 5.75 Å². The average molecular weight is 285 g/mol. The van der Waals surface area contributed by atoms with Crippen LogP contribution in [0.3, 0.4) is 0 Å². The first-order valence-electron chi connectivity index (χ1n) is 6.13. The van der Waals surface area contributed by atoms with E-state index in [-0.39, 0.29) is 17.5 Å². The van der Waals surface area contributed by atoms with E-state index in [1.807, 2.05) is 0 Å². The fraction of sp³-hybridized carbons (Fsp3) is 0.357. The van der Waals surface area contributed by atoms with Crippen LogP contribution in [0.15, 0.2) is 30.0 Å². The van der Waals surface area contributed by atoms with Gasteiger partial charge in [-0.15, -0.1) is 13.2 Å². The molecule has 2 rings (SSSR count). The molecule has 20 heavy (non-hydrogen) atoms. The molecule has 1 aliphatic carbocycles. The number of ketones is 1. The van der Waals surface area contributed by atoms with Crippen LogP contribution in [0.1, 0.15) is 18.9 Å². The van der Waals surface area contributed by atoms with Gasteiger partial charge in [0.05, 0.1) is 0 Å². The Kier molecular flexibility index (Phi) is 3.74. The fourth-order valence-corrected chi connectivity index (χ4v) is 2.29. The number of nitrogens with one attached hydrogen (secondary N) is 1. The Morgan fingerprint density at radius 3 is 2.65 bits per heavy atom. The molecule has 108 valence electrons. The third-order valence-corrected chi connectivity index (χ3v) is 3.16. The van der Waals surface area contributed by atoms with Crippen molar-refractivity contribution in [2.75, 3.05) is 7.05 Å². The van der Waals surface area contributed by atoms with Gasteiger partial charge in [-0.1, -0.05) is 19.1 Å². The van der Waals surface area contributed by atoms with Gasteiger partial charge in [-0.3, -0.25) is 4.79 Å². The molecule has 0 spiro atoms. The Bertz CT molecular complexity index is 564. The standard InChI is InChI=1S/C14H14F3NO2/c1-8-6-11(18-2)12(13(8)19)9-4-3-5-10(7-9)20-14(15,16)17/h3-5,7-8,18H,6H2,1-2H3. The molecule has 0 amide bonds. The maximum Gasteiger partial charge on any atom is 0.573 e. The molecule has 1 N–H and O–H groups in total. The second-order valence-corrected chi connectivity index (χ2v) is 4.65. The van der Waals surface area contributed by atoms with Gasteiger partial charge in [-0.25, -0.2) is 0 Å². The van der Waals surface area contributed by atoms with Gasteiger partial charge < -0.3 is 10.1 Å². The zero-order valence-corrected chi connectivity index (χ0v) is 11.0. The summed E-state index contributed by atoms with van der Waals surface area (Å²) < 4.78 is 40.5. The predicted molar refractivity (Wildman–Crippen MR) is 67.9 cm³/mol. The smallest absolute Gasteiger partial charge is 0.406 e. The lowest BCUT2D eigenvalue weighted by Crippen LogP contribution is -2.17. The maximum atomic E-state index is 12.2. The van der Waals surface area contributed by atoms with Crippen LogP contribution >= 0.6 is 0 Å². The van der Waals surface area contributed by atoms with Gasteiger partial charge in [-0.05, 0) is 24.1 Å². The zero-order valence-electron chi connectivity index (χ0n) is 11.0. The van der Waals surface area contributed by atoms with E-state index in [4.69, 9.17) is 0 Å². The highest BCUT2D eigenvalue weighted by molar-refractivity contribution is 6.24. The third kappa shape index (κ3) is 2.95. The Balaban J connectivity index is 2.38. The van der Waals surface area contributed by atoms with Crippen LogP contribution in [0, 0.1) is 5.92 Å². The predicted octanol–water partition coefficient (Wildman–Crippen LogP) is 3.12. The Morgan fingerprint density at radius 2 is 2.05 bits per heavy atom. The van der Waals surface area contributed by atoms with Crippen LogP contribution < -0.4 is 10.1 Å². The van der Waals surface area contributed by atoms with E-state index in [0.29, 0.717) is 17.6 Å². The summed E-state index contributed by atoms with van der Waals surface area (Å²) in [6, 6.07) is 5.48. The average Bonchev–Trinajstić information content (AvgIpc) is 2.63. The van der Waals surface area contributed by atoms with Gasteiger partial charge in [0.15, 0.2) is 5.78 Å². The SMILES string of the molecule is CNC1=C(c2cccc(OC(F)(F)F)c2)C(=O)C(C)C1. The summed E-state index contributed by atoms with van der Waals surface area (Å²) in [5.74, 6) is -0.566. The van der Waals surface area contributed by atoms with E-state index < -0.39 is 6.36 Å². The number of alkyl halides is 3. The summed E-state index contributed by atoms with van der Waals surface area (Å²) in [6.45, 7) is 1.79. The fourth-order valence-electron chi connectivity index (χ4n) is 2.29. The van der Waals surface area contributed by atoms with Crippen LogP contribution in [0.4, 0.5) is 13.2 Å². The van der Waals surface area contributed by atoms with Gasteiger partial charge in [0.2, 0.25) is 0 Å². The van der Waals surface area contributed by atoms with E-state index in [0.717, 1.165) is 5.70 Å². The van der Waals surface area contributed by atoms with Crippen molar-refractivity contribution in [1.82, 2.24) is 5.32 Å². The van der Waals surface area contributed by atoms with Crippen molar-refractivity contribution in [2.24, 2.45) is 5.92 Å². The molecular formula is C14H14F3NO2. The molecule has 0 radical (unpaired) electrons. The van der Waals surface area contributed by atoms with E-state index in [1.54, 1.807) is 20.0 Å². The quantitative estimate of drug-likeness (QED) is 0.927. The molecule has 0 aliphatic heterocycles. The van der Waals surface area contributed by atoms with Crippen molar-refractivity contribution in [3.63, 3.8) is 0 Å². The number of rotatable bonds is 3. The number of ether oxygens (including phenoxy) is 1. The van der Waals surface area contributed by atoms with Crippen LogP contribution in [-0.4, -0.2) is 19.2 Å². The number of carbonyl (C=O) groups is 1. The van der Waals surface area contributed by atoms with Crippen LogP contribution in [-0.2, 0) is 4.79 Å². The normalized spacial score (nSPS) is 19.4. The summed E-state index contributed by atoms with van der Waals surface area (Å²) in [5.41, 5.74) is 1.62. The molecule has 0 bridgehead atoms. The molecule has 1 atom stereocenters. The van der Waals surface area contributed by atoms with Gasteiger partial charge in [-0.2, -0.15) is 0 Å². The molecule has 1 unspecified atom stereocenters. The first-order chi connectivity index (χ1) is 9.31. The summed E-state index contributed by atoms with van der Waals surface area (Å²) in [6.07, 6.45) is -4.18. The third-order valence-electron chi connectivity index (χ3n) is 3.16. The Hall–Kier alpha value is -1.98. The lowest BCUT2D eigenvalue weighted by atomic mass is 10.0. The molecule has 0 saturated carbocycles. The summed E-state index contributed by atoms with van der Waals surface area (Å²) >= 11 is 0. The van der Waals surface area contributed by atoms with Gasteiger partial charge in [0.1, 0.15) is 5.75 Å². The molecule has 1 aromatic carbocycles. The number of Topliss-reactive ketones (excluding diaryl/α,β-unsaturated/α-hetero) is 1. The molecule has 6 heteroatoms. The number of allylic oxidation sites excluding steroid dienone is 2. The highest BCUT2D eigenvalue weighted by Crippen LogP contribution is 2.35. The molecule has 1 aromatic rings. The first-order valence-corrected chi connectivity index (χ1v) is 6.13. The molecule has 3 nitrogen and oxygen atoms in total. The number of hydrogen-bond donors (Lipinski definition) is 1. The largest absolute Gasteiger partial charge is 0.573 e. The highest BCUT2D eigenvalue weighted by Gasteiger charge is 2.33. The van der Waals surface area contributed by atoms with Crippen molar-refractivity contribution in [1.29, 1.82) is 0 Å². The molecule has 0 saturated heterocycles. The summed E-state index contributed by atoms with van der Waals surface area (Å²) in [4.78, 5) is 12.1. The second kappa shape index (κ2) is 5.19. The molecule has 1 aliphatic rings. The van der Waals surface area contributed by atoms with Gasteiger partial charge in [0, 0.05) is 24.2 Å². The van der Waals surface area contributed by atoms with Crippen molar-refractivity contribution in [3.05, 3.63) is 35.5 Å². The number of benzene rings is 1. The first kappa shape index (κ1) is 14.4. The second-order valence-electron chi connectivity index (χ2n) is 4.65. The lowest BCUT2D eigenvalue weighted by Gasteiger charge is -2.11. The minimum Gasteiger partial charge on any atom is -0.406 e. The summed E-state index contributed by atoms with van der Waals surface area (Å²) in [7, 11) is 1.69. The molecular weight excluding hydrogens is 271 g/mol. The van der Waals surface area contributed by atoms with Crippen LogP contribution in [0.5, 0.6) is 5.75 Å². The molecule has 0 fully saturated rings. The van der Waals surface area contributed by atoms with Gasteiger partial charge in [0.25, 0.3) is 0 Å². The maximum absolute atomic E-state index is 12.2. The molecule has 0 heterocycles. The minimum absolute atomic E-state index is 0.0708. The molecule has 0 aromatic heterocycles. The topological polar surface area (TPSA) is 38.3 Å². The summed E-state index contributed by atoms with van der Waals surface area (Å²) in [5, 5.41) is 2.94. The van der Waals surface area contributed by atoms with Crippen LogP contribution in [0.2, 0.25) is 0 Å². The van der Waals surface area contributed by atoms with E-state index in [2.05, 4.69) is 10.1 Å². The van der Waals surface area contributed by atoms with Crippen molar-refractivity contribution in [2.45, 2.75) is 19.7 Å². The van der Waals surface area contributed by atoms with Crippen LogP contribution in [0.25, 0.3) is 5.57 Å². The Labute approximate surface area is 114 Å². The highest BCUT2D eigenvalue weighted by atomic mass is 19.4. The van der Waals surface area contributed by atoms with E-state index in [9.17, 15) is 18.0 Å². The Morgan fingerprint density at radius 1 is 1.35 bits per heavy atom.